The summed E-state index contributed by atoms with van der Waals surface area (Å²) in [7, 11) is 0. The Morgan fingerprint density at radius 1 is 1.25 bits per heavy atom. The van der Waals surface area contributed by atoms with Crippen LogP contribution in [0.15, 0.2) is 0 Å². The number of rotatable bonds is 7. The van der Waals surface area contributed by atoms with E-state index in [2.05, 4.69) is 5.32 Å². The van der Waals surface area contributed by atoms with Gasteiger partial charge in [-0.15, -0.1) is 0 Å². The minimum absolute atomic E-state index is 0.0175. The van der Waals surface area contributed by atoms with Crippen LogP contribution < -0.4 is 5.32 Å². The fourth-order valence-corrected chi connectivity index (χ4v) is 2.00. The maximum atomic E-state index is 11.8. The summed E-state index contributed by atoms with van der Waals surface area (Å²) in [5.41, 5.74) is 0. The molecule has 1 unspecified atom stereocenters. The van der Waals surface area contributed by atoms with Crippen LogP contribution in [0.5, 0.6) is 0 Å². The Labute approximate surface area is 118 Å². The van der Waals surface area contributed by atoms with Crippen molar-refractivity contribution in [1.82, 2.24) is 10.2 Å². The first-order chi connectivity index (χ1) is 9.54. The lowest BCUT2D eigenvalue weighted by molar-refractivity contribution is -0.142. The van der Waals surface area contributed by atoms with Crippen molar-refractivity contribution in [1.29, 1.82) is 0 Å². The van der Waals surface area contributed by atoms with Crippen LogP contribution in [0.25, 0.3) is 0 Å². The first kappa shape index (κ1) is 16.4. The summed E-state index contributed by atoms with van der Waals surface area (Å²) < 4.78 is 5.14. The molecule has 1 aliphatic rings. The Hall–Kier alpha value is -1.63. The van der Waals surface area contributed by atoms with Crippen LogP contribution in [0, 0.1) is 0 Å². The molecule has 0 aromatic carbocycles. The monoisotopic (exact) mass is 286 g/mol. The van der Waals surface area contributed by atoms with E-state index in [4.69, 9.17) is 9.84 Å². The van der Waals surface area contributed by atoms with Crippen molar-refractivity contribution in [2.45, 2.75) is 38.6 Å². The number of hydrogen-bond donors (Lipinski definition) is 2. The van der Waals surface area contributed by atoms with Crippen molar-refractivity contribution in [3.8, 4) is 0 Å². The Morgan fingerprint density at radius 2 is 1.90 bits per heavy atom. The fourth-order valence-electron chi connectivity index (χ4n) is 2.00. The van der Waals surface area contributed by atoms with Gasteiger partial charge in [0.15, 0.2) is 0 Å². The van der Waals surface area contributed by atoms with Crippen LogP contribution in [0.1, 0.15) is 32.6 Å². The van der Waals surface area contributed by atoms with Gasteiger partial charge in [-0.25, -0.2) is 4.79 Å². The van der Waals surface area contributed by atoms with Gasteiger partial charge in [-0.05, 0) is 6.42 Å². The lowest BCUT2D eigenvalue weighted by atomic mass is 10.1. The minimum atomic E-state index is -1.04. The first-order valence-electron chi connectivity index (χ1n) is 6.92. The predicted molar refractivity (Wildman–Crippen MR) is 71.1 cm³/mol. The average molecular weight is 286 g/mol. The summed E-state index contributed by atoms with van der Waals surface area (Å²) in [5.74, 6) is -1.53. The molecule has 0 radical (unpaired) electrons. The molecule has 2 N–H and O–H groups in total. The molecule has 1 heterocycles. The maximum Gasteiger partial charge on any atom is 0.326 e. The first-order valence-corrected chi connectivity index (χ1v) is 6.92. The molecule has 2 amide bonds. The van der Waals surface area contributed by atoms with Gasteiger partial charge in [-0.3, -0.25) is 9.59 Å². The minimum Gasteiger partial charge on any atom is -0.480 e. The van der Waals surface area contributed by atoms with E-state index in [1.54, 1.807) is 4.90 Å². The fraction of sp³-hybridized carbons (Fsp3) is 0.769. The van der Waals surface area contributed by atoms with Gasteiger partial charge in [0, 0.05) is 25.9 Å². The lowest BCUT2D eigenvalue weighted by Crippen LogP contribution is -2.43. The Morgan fingerprint density at radius 3 is 2.45 bits per heavy atom. The second kappa shape index (κ2) is 8.52. The van der Waals surface area contributed by atoms with Crippen molar-refractivity contribution in [3.63, 3.8) is 0 Å². The molecule has 0 aromatic heterocycles. The number of carboxylic acids is 1. The van der Waals surface area contributed by atoms with Gasteiger partial charge in [0.25, 0.3) is 0 Å². The molecule has 0 bridgehead atoms. The smallest absolute Gasteiger partial charge is 0.326 e. The van der Waals surface area contributed by atoms with Crippen LogP contribution >= 0.6 is 0 Å². The number of hydrogen-bond acceptors (Lipinski definition) is 4. The number of amides is 2. The van der Waals surface area contributed by atoms with Crippen molar-refractivity contribution >= 4 is 17.8 Å². The molecule has 7 heteroatoms. The Kier molecular flexibility index (Phi) is 7.00. The van der Waals surface area contributed by atoms with Crippen LogP contribution in [-0.2, 0) is 19.1 Å². The number of carboxylic acid groups (broad SMARTS) is 1. The van der Waals surface area contributed by atoms with E-state index in [0.717, 1.165) is 0 Å². The number of aliphatic carboxylic acids is 1. The zero-order chi connectivity index (χ0) is 15.0. The van der Waals surface area contributed by atoms with Gasteiger partial charge in [-0.2, -0.15) is 0 Å². The molecule has 0 aliphatic carbocycles. The van der Waals surface area contributed by atoms with Crippen molar-refractivity contribution in [2.75, 3.05) is 26.3 Å². The van der Waals surface area contributed by atoms with E-state index >= 15 is 0 Å². The van der Waals surface area contributed by atoms with Gasteiger partial charge in [-0.1, -0.05) is 13.3 Å². The molecule has 1 aliphatic heterocycles. The van der Waals surface area contributed by atoms with Gasteiger partial charge in [0.2, 0.25) is 11.8 Å². The Balaban J connectivity index is 2.30. The van der Waals surface area contributed by atoms with E-state index in [1.165, 1.54) is 0 Å². The number of nitrogens with one attached hydrogen (secondary N) is 1. The topological polar surface area (TPSA) is 95.9 Å². The second-order valence-electron chi connectivity index (χ2n) is 4.74. The summed E-state index contributed by atoms with van der Waals surface area (Å²) in [6.07, 6.45) is 1.18. The highest BCUT2D eigenvalue weighted by Gasteiger charge is 2.21. The molecule has 0 saturated carbocycles. The third-order valence-electron chi connectivity index (χ3n) is 3.14. The van der Waals surface area contributed by atoms with E-state index in [-0.39, 0.29) is 18.7 Å². The van der Waals surface area contributed by atoms with Crippen LogP contribution in [0.4, 0.5) is 0 Å². The molecule has 114 valence electrons. The molecular formula is C13H22N2O5. The molecule has 1 atom stereocenters. The summed E-state index contributed by atoms with van der Waals surface area (Å²) in [4.78, 5) is 36.0. The third kappa shape index (κ3) is 5.56. The number of nitrogens with zero attached hydrogens (tertiary/aromatic N) is 1. The highest BCUT2D eigenvalue weighted by molar-refractivity contribution is 5.86. The van der Waals surface area contributed by atoms with Crippen LogP contribution in [0.3, 0.4) is 0 Å². The molecule has 7 nitrogen and oxygen atoms in total. The quantitative estimate of drug-likeness (QED) is 0.686. The SMILES string of the molecule is CCCC(NC(=O)CCC(=O)N1CCOCC1)C(=O)O. The third-order valence-corrected chi connectivity index (χ3v) is 3.14. The molecule has 0 aromatic rings. The average Bonchev–Trinajstić information content (AvgIpc) is 2.45. The summed E-state index contributed by atoms with van der Waals surface area (Å²) in [5, 5.41) is 11.4. The number of morpholine rings is 1. The van der Waals surface area contributed by atoms with Crippen LogP contribution in [-0.4, -0.2) is 60.1 Å². The number of carbonyl (C=O) groups is 3. The number of ether oxygens (including phenoxy) is 1. The molecular weight excluding hydrogens is 264 g/mol. The zero-order valence-corrected chi connectivity index (χ0v) is 11.8. The lowest BCUT2D eigenvalue weighted by Gasteiger charge is -2.26. The normalized spacial score (nSPS) is 16.6. The summed E-state index contributed by atoms with van der Waals surface area (Å²) >= 11 is 0. The summed E-state index contributed by atoms with van der Waals surface area (Å²) in [6, 6.07) is -0.869. The standard InChI is InChI=1S/C13H22N2O5/c1-2-3-10(13(18)19)14-11(16)4-5-12(17)15-6-8-20-9-7-15/h10H,2-9H2,1H3,(H,14,16)(H,18,19). The van der Waals surface area contributed by atoms with Gasteiger partial charge in [0.1, 0.15) is 6.04 Å². The predicted octanol–water partition coefficient (Wildman–Crippen LogP) is -0.00510. The van der Waals surface area contributed by atoms with E-state index in [1.807, 2.05) is 6.92 Å². The summed E-state index contributed by atoms with van der Waals surface area (Å²) in [6.45, 7) is 4.00. The van der Waals surface area contributed by atoms with E-state index in [0.29, 0.717) is 39.1 Å². The molecule has 1 fully saturated rings. The van der Waals surface area contributed by atoms with Gasteiger partial charge < -0.3 is 20.1 Å². The second-order valence-corrected chi connectivity index (χ2v) is 4.74. The molecule has 1 saturated heterocycles. The molecule has 20 heavy (non-hydrogen) atoms. The molecule has 0 spiro atoms. The van der Waals surface area contributed by atoms with E-state index < -0.39 is 17.9 Å². The van der Waals surface area contributed by atoms with Gasteiger partial charge >= 0.3 is 5.97 Å². The highest BCUT2D eigenvalue weighted by atomic mass is 16.5. The largest absolute Gasteiger partial charge is 0.480 e. The van der Waals surface area contributed by atoms with Crippen molar-refractivity contribution in [3.05, 3.63) is 0 Å². The van der Waals surface area contributed by atoms with Crippen LogP contribution in [0.2, 0.25) is 0 Å². The van der Waals surface area contributed by atoms with E-state index in [9.17, 15) is 14.4 Å². The van der Waals surface area contributed by atoms with Crippen molar-refractivity contribution in [2.24, 2.45) is 0 Å². The zero-order valence-electron chi connectivity index (χ0n) is 11.8. The maximum absolute atomic E-state index is 11.8. The Bertz CT molecular complexity index is 353. The van der Waals surface area contributed by atoms with Gasteiger partial charge in [0.05, 0.1) is 13.2 Å². The van der Waals surface area contributed by atoms with Crippen molar-refractivity contribution < 1.29 is 24.2 Å². The number of carbonyl (C=O) groups excluding carboxylic acids is 2. The highest BCUT2D eigenvalue weighted by Crippen LogP contribution is 2.03. The molecule has 1 rings (SSSR count).